The highest BCUT2D eigenvalue weighted by Crippen LogP contribution is 2.30. The van der Waals surface area contributed by atoms with Crippen molar-refractivity contribution in [2.45, 2.75) is 17.9 Å². The number of fused-ring (bicyclic) bond motifs is 1. The predicted octanol–water partition coefficient (Wildman–Crippen LogP) is 3.24. The summed E-state index contributed by atoms with van der Waals surface area (Å²) in [6.07, 6.45) is -0.386. The van der Waals surface area contributed by atoms with E-state index < -0.39 is 22.5 Å². The van der Waals surface area contributed by atoms with Gasteiger partial charge in [0, 0.05) is 0 Å². The zero-order valence-electron chi connectivity index (χ0n) is 18.7. The van der Waals surface area contributed by atoms with Gasteiger partial charge >= 0.3 is 0 Å². The van der Waals surface area contributed by atoms with Crippen molar-refractivity contribution in [2.75, 3.05) is 30.6 Å². The van der Waals surface area contributed by atoms with E-state index in [2.05, 4.69) is 5.32 Å². The summed E-state index contributed by atoms with van der Waals surface area (Å²) in [6, 6.07) is 21.9. The Kier molecular flexibility index (Phi) is 7.22. The molecular weight excluding hydrogens is 456 g/mol. The Balaban J connectivity index is 1.48. The summed E-state index contributed by atoms with van der Waals surface area (Å²) in [5, 5.41) is 2.76. The summed E-state index contributed by atoms with van der Waals surface area (Å²) < 4.78 is 44.8. The molecule has 0 bridgehead atoms. The van der Waals surface area contributed by atoms with Gasteiger partial charge in [0.2, 0.25) is 5.91 Å². The number of ether oxygens (including phenoxy) is 3. The van der Waals surface area contributed by atoms with Crippen molar-refractivity contribution >= 4 is 21.6 Å². The topological polar surface area (TPSA) is 94.2 Å². The van der Waals surface area contributed by atoms with Crippen molar-refractivity contribution in [3.8, 4) is 17.2 Å². The monoisotopic (exact) mass is 482 g/mol. The van der Waals surface area contributed by atoms with Crippen LogP contribution in [-0.2, 0) is 14.8 Å². The van der Waals surface area contributed by atoms with E-state index in [1.165, 1.54) is 12.1 Å². The Morgan fingerprint density at radius 3 is 2.38 bits per heavy atom. The fourth-order valence-corrected chi connectivity index (χ4v) is 4.93. The minimum atomic E-state index is -3.98. The minimum absolute atomic E-state index is 0.0947. The van der Waals surface area contributed by atoms with Gasteiger partial charge in [-0.1, -0.05) is 30.3 Å². The Morgan fingerprint density at radius 2 is 1.68 bits per heavy atom. The van der Waals surface area contributed by atoms with Crippen molar-refractivity contribution in [1.82, 2.24) is 5.32 Å². The molecule has 0 spiro atoms. The number of benzene rings is 3. The van der Waals surface area contributed by atoms with Crippen LogP contribution in [0.25, 0.3) is 0 Å². The first-order valence-electron chi connectivity index (χ1n) is 10.9. The van der Waals surface area contributed by atoms with Crippen LogP contribution in [0.5, 0.6) is 17.2 Å². The van der Waals surface area contributed by atoms with Gasteiger partial charge in [-0.15, -0.1) is 0 Å². The lowest BCUT2D eigenvalue weighted by Crippen LogP contribution is -2.45. The van der Waals surface area contributed by atoms with Crippen LogP contribution in [0.4, 0.5) is 5.69 Å². The summed E-state index contributed by atoms with van der Waals surface area (Å²) in [6.45, 7) is 2.42. The molecule has 8 nitrogen and oxygen atoms in total. The van der Waals surface area contributed by atoms with Crippen molar-refractivity contribution in [3.63, 3.8) is 0 Å². The second kappa shape index (κ2) is 10.5. The molecule has 1 amide bonds. The second-order valence-electron chi connectivity index (χ2n) is 7.55. The number of amides is 1. The zero-order chi connectivity index (χ0) is 24.0. The van der Waals surface area contributed by atoms with Crippen LogP contribution in [0.3, 0.4) is 0 Å². The maximum Gasteiger partial charge on any atom is 0.264 e. The van der Waals surface area contributed by atoms with Crippen LogP contribution >= 0.6 is 0 Å². The molecule has 34 heavy (non-hydrogen) atoms. The van der Waals surface area contributed by atoms with Gasteiger partial charge < -0.3 is 19.5 Å². The van der Waals surface area contributed by atoms with Crippen molar-refractivity contribution in [3.05, 3.63) is 78.9 Å². The molecule has 1 aliphatic rings. The normalized spacial score (nSPS) is 14.8. The van der Waals surface area contributed by atoms with Crippen LogP contribution in [0, 0.1) is 0 Å². The van der Waals surface area contributed by atoms with E-state index in [9.17, 15) is 13.2 Å². The molecule has 0 fully saturated rings. The quantitative estimate of drug-likeness (QED) is 0.503. The Bertz CT molecular complexity index is 1220. The van der Waals surface area contributed by atoms with E-state index >= 15 is 0 Å². The Morgan fingerprint density at radius 1 is 1.00 bits per heavy atom. The highest BCUT2D eigenvalue weighted by atomic mass is 32.2. The van der Waals surface area contributed by atoms with Gasteiger partial charge in [0.1, 0.15) is 25.0 Å². The van der Waals surface area contributed by atoms with Crippen LogP contribution in [0.15, 0.2) is 83.8 Å². The van der Waals surface area contributed by atoms with Crippen molar-refractivity contribution in [1.29, 1.82) is 0 Å². The van der Waals surface area contributed by atoms with Crippen LogP contribution < -0.4 is 23.8 Å². The molecule has 178 valence electrons. The number of hydrogen-bond acceptors (Lipinski definition) is 6. The third-order valence-corrected chi connectivity index (χ3v) is 6.94. The first kappa shape index (κ1) is 23.4. The highest BCUT2D eigenvalue weighted by molar-refractivity contribution is 7.92. The second-order valence-corrected chi connectivity index (χ2v) is 9.42. The fourth-order valence-electron chi connectivity index (χ4n) is 3.49. The van der Waals surface area contributed by atoms with Crippen molar-refractivity contribution in [2.24, 2.45) is 0 Å². The van der Waals surface area contributed by atoms with E-state index in [1.807, 2.05) is 25.1 Å². The number of rotatable bonds is 9. The van der Waals surface area contributed by atoms with E-state index in [0.717, 1.165) is 4.31 Å². The Labute approximate surface area is 199 Å². The van der Waals surface area contributed by atoms with Gasteiger partial charge in [-0.05, 0) is 55.5 Å². The summed E-state index contributed by atoms with van der Waals surface area (Å²) in [7, 11) is -3.98. The molecule has 1 aliphatic heterocycles. The van der Waals surface area contributed by atoms with E-state index in [1.54, 1.807) is 48.5 Å². The molecule has 1 heterocycles. The van der Waals surface area contributed by atoms with Gasteiger partial charge in [0.15, 0.2) is 11.5 Å². The third-order valence-electron chi connectivity index (χ3n) is 5.15. The van der Waals surface area contributed by atoms with Gasteiger partial charge in [0.25, 0.3) is 10.0 Å². The molecule has 4 rings (SSSR count). The largest absolute Gasteiger partial charge is 0.494 e. The summed E-state index contributed by atoms with van der Waals surface area (Å²) in [4.78, 5) is 12.9. The average molecular weight is 483 g/mol. The third kappa shape index (κ3) is 5.43. The lowest BCUT2D eigenvalue weighted by atomic mass is 10.2. The molecule has 0 saturated heterocycles. The molecule has 1 N–H and O–H groups in total. The lowest BCUT2D eigenvalue weighted by Gasteiger charge is -2.27. The van der Waals surface area contributed by atoms with Gasteiger partial charge in [-0.3, -0.25) is 9.10 Å². The molecular formula is C25H26N2O6S. The summed E-state index contributed by atoms with van der Waals surface area (Å²) in [5.74, 6) is 1.41. The van der Waals surface area contributed by atoms with Crippen LogP contribution in [-0.4, -0.2) is 46.7 Å². The van der Waals surface area contributed by atoms with E-state index in [4.69, 9.17) is 14.2 Å². The highest BCUT2D eigenvalue weighted by Gasteiger charge is 2.28. The average Bonchev–Trinajstić information content (AvgIpc) is 2.87. The minimum Gasteiger partial charge on any atom is -0.494 e. The molecule has 3 aromatic carbocycles. The van der Waals surface area contributed by atoms with E-state index in [-0.39, 0.29) is 24.2 Å². The number of anilines is 1. The maximum absolute atomic E-state index is 13.4. The molecule has 0 aromatic heterocycles. The number of para-hydroxylation sites is 2. The van der Waals surface area contributed by atoms with Gasteiger partial charge in [0.05, 0.1) is 23.7 Å². The number of hydrogen-bond donors (Lipinski definition) is 1. The summed E-state index contributed by atoms with van der Waals surface area (Å²) >= 11 is 0. The first-order valence-corrected chi connectivity index (χ1v) is 12.4. The smallest absolute Gasteiger partial charge is 0.264 e. The van der Waals surface area contributed by atoms with E-state index in [0.29, 0.717) is 29.5 Å². The number of carbonyl (C=O) groups is 1. The molecule has 1 atom stereocenters. The predicted molar refractivity (Wildman–Crippen MR) is 128 cm³/mol. The van der Waals surface area contributed by atoms with Crippen molar-refractivity contribution < 1.29 is 27.4 Å². The first-order chi connectivity index (χ1) is 16.5. The SMILES string of the molecule is CCOc1ccc(N(CC(=O)NC[C@@H]2COc3ccccc3O2)S(=O)(=O)c2ccccc2)cc1. The van der Waals surface area contributed by atoms with Crippen LogP contribution in [0.1, 0.15) is 6.92 Å². The zero-order valence-corrected chi connectivity index (χ0v) is 19.5. The molecule has 0 radical (unpaired) electrons. The number of nitrogens with zero attached hydrogens (tertiary/aromatic N) is 1. The maximum atomic E-state index is 13.4. The summed E-state index contributed by atoms with van der Waals surface area (Å²) in [5.41, 5.74) is 0.355. The Hall–Kier alpha value is -3.72. The van der Waals surface area contributed by atoms with Crippen LogP contribution in [0.2, 0.25) is 0 Å². The van der Waals surface area contributed by atoms with Gasteiger partial charge in [-0.25, -0.2) is 8.42 Å². The number of carbonyl (C=O) groups excluding carboxylic acids is 1. The number of nitrogens with one attached hydrogen (secondary N) is 1. The fraction of sp³-hybridized carbons (Fsp3) is 0.240. The standard InChI is InChI=1S/C25H26N2O6S/c1-2-31-20-14-12-19(13-15-20)27(34(29,30)22-8-4-3-5-9-22)17-25(28)26-16-21-18-32-23-10-6-7-11-24(23)33-21/h3-15,21H,2,16-18H2,1H3,(H,26,28)/t21-/m1/s1. The van der Waals surface area contributed by atoms with Gasteiger partial charge in [-0.2, -0.15) is 0 Å². The molecule has 3 aromatic rings. The molecule has 0 unspecified atom stereocenters. The molecule has 9 heteroatoms. The molecule has 0 saturated carbocycles. The lowest BCUT2D eigenvalue weighted by molar-refractivity contribution is -0.120. The molecule has 0 aliphatic carbocycles. The number of sulfonamides is 1.